The second-order valence-electron chi connectivity index (χ2n) is 3.81. The smallest absolute Gasteiger partial charge is 0.226 e. The first-order valence-corrected chi connectivity index (χ1v) is 4.05. The standard InChI is InChI=1S/C8H13NO2/c1-9-4-8(5-10)3-2-6(8)7(9)11/h6,10H,2-5H2,1H3. The fraction of sp³-hybridized carbons (Fsp3) is 0.875. The molecule has 2 fully saturated rings. The highest BCUT2D eigenvalue weighted by Gasteiger charge is 2.56. The molecule has 1 saturated carbocycles. The van der Waals surface area contributed by atoms with Gasteiger partial charge in [-0.3, -0.25) is 4.79 Å². The lowest BCUT2D eigenvalue weighted by Gasteiger charge is -2.40. The normalized spacial score (nSPS) is 42.2. The van der Waals surface area contributed by atoms with E-state index in [0.717, 1.165) is 19.4 Å². The van der Waals surface area contributed by atoms with Crippen LogP contribution in [0.25, 0.3) is 0 Å². The van der Waals surface area contributed by atoms with E-state index in [1.54, 1.807) is 4.90 Å². The van der Waals surface area contributed by atoms with E-state index in [-0.39, 0.29) is 23.8 Å². The summed E-state index contributed by atoms with van der Waals surface area (Å²) in [4.78, 5) is 13.1. The summed E-state index contributed by atoms with van der Waals surface area (Å²) in [6.07, 6.45) is 1.99. The van der Waals surface area contributed by atoms with Crippen LogP contribution in [0.4, 0.5) is 0 Å². The number of hydrogen-bond acceptors (Lipinski definition) is 2. The molecule has 3 nitrogen and oxygen atoms in total. The molecule has 0 aromatic rings. The van der Waals surface area contributed by atoms with E-state index < -0.39 is 0 Å². The molecule has 1 aliphatic carbocycles. The summed E-state index contributed by atoms with van der Waals surface area (Å²) in [6.45, 7) is 0.931. The Morgan fingerprint density at radius 2 is 2.55 bits per heavy atom. The lowest BCUT2D eigenvalue weighted by atomic mass is 9.62. The van der Waals surface area contributed by atoms with Gasteiger partial charge in [0.1, 0.15) is 0 Å². The Morgan fingerprint density at radius 1 is 1.82 bits per heavy atom. The van der Waals surface area contributed by atoms with E-state index in [4.69, 9.17) is 5.11 Å². The maximum absolute atomic E-state index is 11.3. The minimum absolute atomic E-state index is 0.0498. The highest BCUT2D eigenvalue weighted by molar-refractivity contribution is 5.83. The zero-order valence-electron chi connectivity index (χ0n) is 6.71. The first-order valence-electron chi connectivity index (χ1n) is 4.05. The van der Waals surface area contributed by atoms with Crippen LogP contribution < -0.4 is 0 Å². The van der Waals surface area contributed by atoms with Gasteiger partial charge in [0.25, 0.3) is 0 Å². The molecule has 1 heterocycles. The molecule has 0 radical (unpaired) electrons. The molecule has 2 aliphatic rings. The van der Waals surface area contributed by atoms with Gasteiger partial charge in [-0.1, -0.05) is 0 Å². The fourth-order valence-corrected chi connectivity index (χ4v) is 2.33. The summed E-state index contributed by atoms with van der Waals surface area (Å²) in [5.74, 6) is 0.364. The lowest BCUT2D eigenvalue weighted by Crippen LogP contribution is -2.43. The number of likely N-dealkylation sites (tertiary alicyclic amines) is 1. The lowest BCUT2D eigenvalue weighted by molar-refractivity contribution is -0.134. The van der Waals surface area contributed by atoms with Crippen molar-refractivity contribution in [1.82, 2.24) is 4.90 Å². The molecule has 1 amide bonds. The molecule has 1 aliphatic heterocycles. The summed E-state index contributed by atoms with van der Waals surface area (Å²) in [5, 5.41) is 9.10. The van der Waals surface area contributed by atoms with Crippen LogP contribution in [-0.4, -0.2) is 36.1 Å². The predicted octanol–water partition coefficient (Wildman–Crippen LogP) is -0.153. The zero-order chi connectivity index (χ0) is 8.06. The third-order valence-electron chi connectivity index (χ3n) is 3.21. The number of aliphatic hydroxyl groups is 1. The van der Waals surface area contributed by atoms with Crippen molar-refractivity contribution in [3.63, 3.8) is 0 Å². The Morgan fingerprint density at radius 3 is 2.82 bits per heavy atom. The Labute approximate surface area is 66.0 Å². The second kappa shape index (κ2) is 1.97. The number of carbonyl (C=O) groups is 1. The quantitative estimate of drug-likeness (QED) is 0.572. The van der Waals surface area contributed by atoms with Crippen LogP contribution in [0.1, 0.15) is 12.8 Å². The van der Waals surface area contributed by atoms with Crippen molar-refractivity contribution in [3.05, 3.63) is 0 Å². The Kier molecular flexibility index (Phi) is 1.27. The first-order chi connectivity index (χ1) is 5.19. The Balaban J connectivity index is 2.22. The Bertz CT molecular complexity index is 200. The highest BCUT2D eigenvalue weighted by atomic mass is 16.3. The average Bonchev–Trinajstić information content (AvgIpc) is 2.10. The number of amides is 1. The van der Waals surface area contributed by atoms with E-state index in [2.05, 4.69) is 0 Å². The summed E-state index contributed by atoms with van der Waals surface area (Å²) < 4.78 is 0. The van der Waals surface area contributed by atoms with Crippen LogP contribution in [0.3, 0.4) is 0 Å². The Hall–Kier alpha value is -0.570. The third kappa shape index (κ3) is 0.692. The van der Waals surface area contributed by atoms with Crippen LogP contribution >= 0.6 is 0 Å². The van der Waals surface area contributed by atoms with Gasteiger partial charge < -0.3 is 10.0 Å². The minimum atomic E-state index is -0.0498. The van der Waals surface area contributed by atoms with Gasteiger partial charge in [0.2, 0.25) is 5.91 Å². The maximum atomic E-state index is 11.3. The molecule has 3 heteroatoms. The van der Waals surface area contributed by atoms with Gasteiger partial charge in [-0.05, 0) is 12.8 Å². The number of nitrogens with zero attached hydrogens (tertiary/aromatic N) is 1. The molecule has 0 bridgehead atoms. The van der Waals surface area contributed by atoms with E-state index in [0.29, 0.717) is 0 Å². The van der Waals surface area contributed by atoms with Gasteiger partial charge >= 0.3 is 0 Å². The molecule has 1 N–H and O–H groups in total. The van der Waals surface area contributed by atoms with Crippen molar-refractivity contribution in [2.75, 3.05) is 20.2 Å². The van der Waals surface area contributed by atoms with Crippen molar-refractivity contribution in [2.45, 2.75) is 12.8 Å². The first kappa shape index (κ1) is 7.10. The van der Waals surface area contributed by atoms with E-state index in [9.17, 15) is 4.79 Å². The highest BCUT2D eigenvalue weighted by Crippen LogP contribution is 2.51. The molecule has 11 heavy (non-hydrogen) atoms. The van der Waals surface area contributed by atoms with Crippen molar-refractivity contribution in [1.29, 1.82) is 0 Å². The molecule has 1 saturated heterocycles. The van der Waals surface area contributed by atoms with Crippen LogP contribution in [0.5, 0.6) is 0 Å². The van der Waals surface area contributed by atoms with E-state index in [1.807, 2.05) is 7.05 Å². The van der Waals surface area contributed by atoms with Crippen LogP contribution in [-0.2, 0) is 4.79 Å². The zero-order valence-corrected chi connectivity index (χ0v) is 6.71. The largest absolute Gasteiger partial charge is 0.396 e. The SMILES string of the molecule is CN1CC2(CO)CCC2C1=O. The number of aliphatic hydroxyl groups excluding tert-OH is 1. The number of hydrogen-bond donors (Lipinski definition) is 1. The predicted molar refractivity (Wildman–Crippen MR) is 39.9 cm³/mol. The summed E-state index contributed by atoms with van der Waals surface area (Å²) in [7, 11) is 1.82. The molecule has 62 valence electrons. The van der Waals surface area contributed by atoms with Crippen LogP contribution in [0.2, 0.25) is 0 Å². The summed E-state index contributed by atoms with van der Waals surface area (Å²) in [5.41, 5.74) is -0.0498. The van der Waals surface area contributed by atoms with Crippen molar-refractivity contribution in [2.24, 2.45) is 11.3 Å². The van der Waals surface area contributed by atoms with Gasteiger partial charge in [0, 0.05) is 24.9 Å². The topological polar surface area (TPSA) is 40.5 Å². The fourth-order valence-electron chi connectivity index (χ4n) is 2.33. The molecule has 0 aromatic carbocycles. The van der Waals surface area contributed by atoms with E-state index >= 15 is 0 Å². The molecule has 0 aromatic heterocycles. The monoisotopic (exact) mass is 155 g/mol. The second-order valence-corrected chi connectivity index (χ2v) is 3.81. The molecule has 0 spiro atoms. The van der Waals surface area contributed by atoms with Crippen LogP contribution in [0, 0.1) is 11.3 Å². The molecule has 2 rings (SSSR count). The van der Waals surface area contributed by atoms with Crippen LogP contribution in [0.15, 0.2) is 0 Å². The van der Waals surface area contributed by atoms with Gasteiger partial charge in [-0.15, -0.1) is 0 Å². The summed E-state index contributed by atoms with van der Waals surface area (Å²) >= 11 is 0. The van der Waals surface area contributed by atoms with Crippen molar-refractivity contribution in [3.8, 4) is 0 Å². The molecular weight excluding hydrogens is 142 g/mol. The van der Waals surface area contributed by atoms with Crippen molar-refractivity contribution >= 4 is 5.91 Å². The molecule has 2 unspecified atom stereocenters. The average molecular weight is 155 g/mol. The number of rotatable bonds is 1. The van der Waals surface area contributed by atoms with Gasteiger partial charge in [-0.2, -0.15) is 0 Å². The molecule has 2 atom stereocenters. The maximum Gasteiger partial charge on any atom is 0.226 e. The molecular formula is C8H13NO2. The van der Waals surface area contributed by atoms with Gasteiger partial charge in [0.15, 0.2) is 0 Å². The van der Waals surface area contributed by atoms with Gasteiger partial charge in [0.05, 0.1) is 6.61 Å². The minimum Gasteiger partial charge on any atom is -0.396 e. The van der Waals surface area contributed by atoms with Crippen molar-refractivity contribution < 1.29 is 9.90 Å². The number of carbonyl (C=O) groups excluding carboxylic acids is 1. The van der Waals surface area contributed by atoms with Gasteiger partial charge in [-0.25, -0.2) is 0 Å². The van der Waals surface area contributed by atoms with E-state index in [1.165, 1.54) is 0 Å². The number of fused-ring (bicyclic) bond motifs is 1. The summed E-state index contributed by atoms with van der Waals surface area (Å²) in [6, 6.07) is 0. The third-order valence-corrected chi connectivity index (χ3v) is 3.21.